The third kappa shape index (κ3) is 5.69. The molecule has 0 spiro atoms. The zero-order valence-electron chi connectivity index (χ0n) is 22.5. The Hall–Kier alpha value is -4.63. The van der Waals surface area contributed by atoms with E-state index in [4.69, 9.17) is 14.2 Å². The highest BCUT2D eigenvalue weighted by atomic mass is 16.7. The number of carbonyl (C=O) groups excluding carboxylic acids is 4. The van der Waals surface area contributed by atoms with Crippen molar-refractivity contribution in [2.45, 2.75) is 46.3 Å². The lowest BCUT2D eigenvalue weighted by Gasteiger charge is -2.44. The number of hydrogen-bond donors (Lipinski definition) is 3. The number of β-lactam (4-membered cyclic amide) rings is 1. The normalized spacial score (nSPS) is 18.8. The predicted molar refractivity (Wildman–Crippen MR) is 140 cm³/mol. The van der Waals surface area contributed by atoms with Crippen LogP contribution >= 0.6 is 0 Å². The molecule has 40 heavy (non-hydrogen) atoms. The van der Waals surface area contributed by atoms with Gasteiger partial charge in [0.1, 0.15) is 23.3 Å². The number of amides is 2. The minimum Gasteiger partial charge on any atom is -0.482 e. The van der Waals surface area contributed by atoms with Crippen molar-refractivity contribution in [3.8, 4) is 11.8 Å². The van der Waals surface area contributed by atoms with Crippen LogP contribution in [0.15, 0.2) is 42.2 Å². The summed E-state index contributed by atoms with van der Waals surface area (Å²) < 4.78 is 15.8. The highest BCUT2D eigenvalue weighted by Gasteiger charge is 2.57. The van der Waals surface area contributed by atoms with Crippen LogP contribution in [0.4, 0.5) is 5.82 Å². The molecule has 2 amide bonds. The maximum absolute atomic E-state index is 13.1. The number of aliphatic hydroxyl groups excluding tert-OH is 1. The Bertz CT molecular complexity index is 1400. The number of esters is 2. The summed E-state index contributed by atoms with van der Waals surface area (Å²) in [6.45, 7) is 5.49. The van der Waals surface area contributed by atoms with E-state index < -0.39 is 54.0 Å². The molecule has 3 atom stereocenters. The fraction of sp³-hybridized carbons (Fsp3) is 0.393. The molecule has 1 saturated heterocycles. The van der Waals surface area contributed by atoms with Crippen molar-refractivity contribution < 1.29 is 38.5 Å². The molecule has 4 rings (SSSR count). The highest BCUT2D eigenvalue weighted by Crippen LogP contribution is 2.47. The summed E-state index contributed by atoms with van der Waals surface area (Å²) in [4.78, 5) is 54.3. The molecular weight excluding hydrogens is 520 g/mol. The molecule has 1 aromatic carbocycles. The van der Waals surface area contributed by atoms with Crippen LogP contribution in [0.3, 0.4) is 0 Å². The first-order chi connectivity index (χ1) is 18.9. The van der Waals surface area contributed by atoms with Gasteiger partial charge in [0.05, 0.1) is 29.0 Å². The smallest absolute Gasteiger partial charge is 0.358 e. The summed E-state index contributed by atoms with van der Waals surface area (Å²) in [5.41, 5.74) is 0.164. The minimum atomic E-state index is -0.930. The monoisotopic (exact) mass is 550 g/mol. The van der Waals surface area contributed by atoms with Gasteiger partial charge in [-0.15, -0.1) is 0 Å². The number of benzene rings is 1. The fourth-order valence-corrected chi connectivity index (χ4v) is 4.61. The lowest BCUT2D eigenvalue weighted by molar-refractivity contribution is -0.175. The number of aromatic nitrogens is 1. The Kier molecular flexibility index (Phi) is 7.97. The van der Waals surface area contributed by atoms with Crippen LogP contribution in [0.2, 0.25) is 0 Å². The molecule has 12 nitrogen and oxygen atoms in total. The van der Waals surface area contributed by atoms with Crippen LogP contribution in [0.5, 0.6) is 5.75 Å². The molecule has 2 aliphatic rings. The summed E-state index contributed by atoms with van der Waals surface area (Å²) in [5.74, 6) is -2.35. The second-order valence-electron chi connectivity index (χ2n) is 10.5. The second-order valence-corrected chi connectivity index (χ2v) is 10.5. The van der Waals surface area contributed by atoms with Crippen LogP contribution in [-0.4, -0.2) is 64.3 Å². The van der Waals surface area contributed by atoms with Gasteiger partial charge in [-0.25, -0.2) is 4.79 Å². The molecule has 0 radical (unpaired) electrons. The van der Waals surface area contributed by atoms with Gasteiger partial charge in [0.2, 0.25) is 12.7 Å². The molecule has 12 heteroatoms. The number of nitrogens with zero attached hydrogens (tertiary/aromatic N) is 2. The number of aromatic amines is 1. The van der Waals surface area contributed by atoms with Gasteiger partial charge in [0.15, 0.2) is 6.61 Å². The standard InChI is InChI=1S/C28H30N4O8/c1-15(33)23-19-11-18(24(32(19)25(23)35)26(36)39-14-40-27(37)28(2,3)4)16-7-8-20(17(10-16)12-29)38-13-22(34)31-21-6-5-9-30-21/h5-10,15,19,23,30,33H,11,13-14H2,1-4H3,(H,31,34)/t15-,19-,23-/m1/s1. The number of aliphatic hydroxyl groups is 1. The van der Waals surface area contributed by atoms with Crippen molar-refractivity contribution in [2.75, 3.05) is 18.7 Å². The topological polar surface area (TPSA) is 171 Å². The Labute approximate surface area is 230 Å². The summed E-state index contributed by atoms with van der Waals surface area (Å²) in [7, 11) is 0. The average Bonchev–Trinajstić information content (AvgIpc) is 3.52. The molecular formula is C28H30N4O8. The van der Waals surface area contributed by atoms with Gasteiger partial charge in [-0.1, -0.05) is 6.07 Å². The number of anilines is 1. The number of rotatable bonds is 9. The summed E-state index contributed by atoms with van der Waals surface area (Å²) in [6, 6.07) is 9.56. The average molecular weight is 551 g/mol. The van der Waals surface area contributed by atoms with Crippen LogP contribution in [0.25, 0.3) is 5.57 Å². The maximum atomic E-state index is 13.1. The number of hydrogen-bond acceptors (Lipinski definition) is 9. The van der Waals surface area contributed by atoms with Gasteiger partial charge >= 0.3 is 11.9 Å². The first-order valence-electron chi connectivity index (χ1n) is 12.6. The van der Waals surface area contributed by atoms with Gasteiger partial charge in [0, 0.05) is 6.20 Å². The van der Waals surface area contributed by atoms with Crippen molar-refractivity contribution in [3.05, 3.63) is 53.4 Å². The lowest BCUT2D eigenvalue weighted by atomic mass is 9.82. The van der Waals surface area contributed by atoms with E-state index >= 15 is 0 Å². The van der Waals surface area contributed by atoms with Crippen LogP contribution < -0.4 is 10.1 Å². The Balaban J connectivity index is 1.55. The van der Waals surface area contributed by atoms with Gasteiger partial charge in [-0.2, -0.15) is 5.26 Å². The predicted octanol–water partition coefficient (Wildman–Crippen LogP) is 2.32. The number of carbonyl (C=O) groups is 4. The largest absolute Gasteiger partial charge is 0.482 e. The quantitative estimate of drug-likeness (QED) is 0.241. The summed E-state index contributed by atoms with van der Waals surface area (Å²) in [5, 5.41) is 22.5. The van der Waals surface area contributed by atoms with E-state index in [1.165, 1.54) is 24.0 Å². The van der Waals surface area contributed by atoms with Crippen LogP contribution in [-0.2, 0) is 28.7 Å². The summed E-state index contributed by atoms with van der Waals surface area (Å²) >= 11 is 0. The first kappa shape index (κ1) is 28.4. The van der Waals surface area contributed by atoms with E-state index in [0.29, 0.717) is 17.0 Å². The van der Waals surface area contributed by atoms with Crippen molar-refractivity contribution in [2.24, 2.45) is 11.3 Å². The van der Waals surface area contributed by atoms with Crippen molar-refractivity contribution in [1.82, 2.24) is 9.88 Å². The number of ether oxygens (including phenoxy) is 3. The molecule has 210 valence electrons. The first-order valence-corrected chi connectivity index (χ1v) is 12.6. The van der Waals surface area contributed by atoms with E-state index in [1.54, 1.807) is 45.2 Å². The van der Waals surface area contributed by atoms with E-state index in [2.05, 4.69) is 10.3 Å². The van der Waals surface area contributed by atoms with E-state index in [-0.39, 0.29) is 30.0 Å². The molecule has 1 aromatic heterocycles. The maximum Gasteiger partial charge on any atom is 0.358 e. The number of fused-ring (bicyclic) bond motifs is 1. The molecule has 2 aliphatic heterocycles. The molecule has 0 unspecified atom stereocenters. The molecule has 3 N–H and O–H groups in total. The highest BCUT2D eigenvalue weighted by molar-refractivity contribution is 6.07. The zero-order valence-corrected chi connectivity index (χ0v) is 22.5. The fourth-order valence-electron chi connectivity index (χ4n) is 4.61. The van der Waals surface area contributed by atoms with Crippen LogP contribution in [0.1, 0.15) is 45.2 Å². The van der Waals surface area contributed by atoms with Gasteiger partial charge in [0.25, 0.3) is 5.91 Å². The zero-order chi connectivity index (χ0) is 29.2. The Morgan fingerprint density at radius 2 is 2.00 bits per heavy atom. The molecule has 0 bridgehead atoms. The second kappa shape index (κ2) is 11.2. The van der Waals surface area contributed by atoms with Crippen molar-refractivity contribution >= 4 is 35.1 Å². The van der Waals surface area contributed by atoms with Crippen LogP contribution in [0, 0.1) is 22.7 Å². The van der Waals surface area contributed by atoms with E-state index in [1.807, 2.05) is 6.07 Å². The molecule has 3 heterocycles. The summed E-state index contributed by atoms with van der Waals surface area (Å²) in [6.07, 6.45) is 0.959. The van der Waals surface area contributed by atoms with Gasteiger partial charge in [-0.3, -0.25) is 14.4 Å². The Morgan fingerprint density at radius 3 is 2.62 bits per heavy atom. The lowest BCUT2D eigenvalue weighted by Crippen LogP contribution is -2.61. The molecule has 0 saturated carbocycles. The van der Waals surface area contributed by atoms with Gasteiger partial charge < -0.3 is 34.5 Å². The van der Waals surface area contributed by atoms with E-state index in [0.717, 1.165) is 0 Å². The number of H-pyrrole nitrogens is 1. The van der Waals surface area contributed by atoms with E-state index in [9.17, 15) is 29.5 Å². The van der Waals surface area contributed by atoms with Gasteiger partial charge in [-0.05, 0) is 69.5 Å². The SMILES string of the molecule is C[C@@H](O)[C@H]1C(=O)N2C(C(=O)OCOC(=O)C(C)(C)C)=C(c3ccc(OCC(=O)Nc4ccc[nH]4)c(C#N)c3)C[C@H]12. The molecule has 0 aliphatic carbocycles. The van der Waals surface area contributed by atoms with Crippen molar-refractivity contribution in [1.29, 1.82) is 5.26 Å². The Morgan fingerprint density at radius 1 is 1.25 bits per heavy atom. The third-order valence-corrected chi connectivity index (χ3v) is 6.59. The third-order valence-electron chi connectivity index (χ3n) is 6.59. The minimum absolute atomic E-state index is 0.0402. The van der Waals surface area contributed by atoms with Crippen molar-refractivity contribution in [3.63, 3.8) is 0 Å². The number of nitriles is 1. The molecule has 1 fully saturated rings. The molecule has 2 aromatic rings. The number of nitrogens with one attached hydrogen (secondary N) is 2.